The number of allylic oxidation sites excluding steroid dienone is 2. The van der Waals surface area contributed by atoms with Gasteiger partial charge in [0.15, 0.2) is 36.6 Å². The van der Waals surface area contributed by atoms with Crippen LogP contribution in [0, 0.1) is 70.5 Å². The number of nitrogens with zero attached hydrogens (tertiary/aromatic N) is 7. The summed E-state index contributed by atoms with van der Waals surface area (Å²) in [6, 6.07) is 50.4. The van der Waals surface area contributed by atoms with Crippen LogP contribution in [0.25, 0.3) is 5.57 Å². The topological polar surface area (TPSA) is 256 Å². The lowest BCUT2D eigenvalue weighted by atomic mass is 9.83. The molecular weight excluding hydrogens is 1730 g/mol. The third-order valence-corrected chi connectivity index (χ3v) is 20.5. The Balaban J connectivity index is 0.000000196. The fraction of sp³-hybridized carbons (Fsp3) is 0.286. The highest BCUT2D eigenvalue weighted by molar-refractivity contribution is 6.09. The third-order valence-electron chi connectivity index (χ3n) is 20.5. The summed E-state index contributed by atoms with van der Waals surface area (Å²) >= 11 is 0. The monoisotopic (exact) mass is 1820 g/mol. The van der Waals surface area contributed by atoms with E-state index < -0.39 is 117 Å². The van der Waals surface area contributed by atoms with Crippen molar-refractivity contribution in [2.75, 3.05) is 67.1 Å². The Morgan fingerprint density at radius 2 is 0.863 bits per heavy atom. The number of ketones is 3. The Morgan fingerprint density at radius 1 is 0.489 bits per heavy atom. The maximum absolute atomic E-state index is 14.3. The zero-order valence-electron chi connectivity index (χ0n) is 72.2. The summed E-state index contributed by atoms with van der Waals surface area (Å²) in [5.74, 6) is -7.97. The first-order chi connectivity index (χ1) is 62.7. The molecule has 0 bridgehead atoms. The average Bonchev–Trinajstić information content (AvgIpc) is 1.60. The van der Waals surface area contributed by atoms with Crippen LogP contribution < -0.4 is 0 Å². The van der Waals surface area contributed by atoms with Crippen LogP contribution in [0.3, 0.4) is 0 Å². The van der Waals surface area contributed by atoms with Gasteiger partial charge >= 0.3 is 0 Å². The van der Waals surface area contributed by atoms with E-state index in [1.54, 1.807) is 78.9 Å². The number of terminal acetylenes is 1. The van der Waals surface area contributed by atoms with Gasteiger partial charge in [-0.1, -0.05) is 127 Å². The lowest BCUT2D eigenvalue weighted by Crippen LogP contribution is -2.45. The molecule has 21 nitrogen and oxygen atoms in total. The van der Waals surface area contributed by atoms with Crippen molar-refractivity contribution in [3.8, 4) is 12.3 Å². The predicted molar refractivity (Wildman–Crippen MR) is 464 cm³/mol. The van der Waals surface area contributed by atoms with E-state index in [2.05, 4.69) is 26.1 Å². The number of carbonyl (C=O) groups is 7. The number of hydroxylamine groups is 2. The van der Waals surface area contributed by atoms with Crippen LogP contribution in [-0.4, -0.2) is 168 Å². The molecule has 33 heteroatoms. The first kappa shape index (κ1) is 103. The first-order valence-electron chi connectivity index (χ1n) is 40.9. The summed E-state index contributed by atoms with van der Waals surface area (Å²) in [6.45, 7) is 4.31. The van der Waals surface area contributed by atoms with E-state index in [0.29, 0.717) is 35.5 Å². The Hall–Kier alpha value is -13.2. The molecule has 0 aliphatic carbocycles. The Morgan fingerprint density at radius 3 is 1.24 bits per heavy atom. The number of alkyl halides is 2. The molecule has 5 atom stereocenters. The van der Waals surface area contributed by atoms with E-state index in [4.69, 9.17) is 25.4 Å². The first-order valence-corrected chi connectivity index (χ1v) is 40.9. The van der Waals surface area contributed by atoms with Gasteiger partial charge < -0.3 is 29.2 Å². The highest BCUT2D eigenvalue weighted by Crippen LogP contribution is 2.44. The fourth-order valence-electron chi connectivity index (χ4n) is 14.0. The second-order valence-corrected chi connectivity index (χ2v) is 29.8. The molecule has 0 radical (unpaired) electrons. The summed E-state index contributed by atoms with van der Waals surface area (Å²) in [7, 11) is 2.57. The number of halogens is 12. The number of hydrogen-bond acceptors (Lipinski definition) is 17. The van der Waals surface area contributed by atoms with E-state index in [9.17, 15) is 96.5 Å². The maximum atomic E-state index is 14.3. The van der Waals surface area contributed by atoms with Gasteiger partial charge in [-0.25, -0.2) is 72.8 Å². The molecule has 0 spiro atoms. The molecule has 5 aliphatic heterocycles. The van der Waals surface area contributed by atoms with Crippen LogP contribution in [0.2, 0.25) is 0 Å². The third kappa shape index (κ3) is 28.2. The molecule has 690 valence electrons. The van der Waals surface area contributed by atoms with Gasteiger partial charge in [-0.05, 0) is 182 Å². The highest BCUT2D eigenvalue weighted by atomic mass is 19.2. The van der Waals surface area contributed by atoms with Crippen LogP contribution >= 0.6 is 0 Å². The largest absolute Gasteiger partial charge is 0.393 e. The predicted octanol–water partition coefficient (Wildman–Crippen LogP) is 17.6. The number of aliphatic hydroxyl groups is 2. The minimum Gasteiger partial charge on any atom is -0.393 e. The van der Waals surface area contributed by atoms with E-state index in [1.165, 1.54) is 60.4 Å². The molecule has 5 aliphatic rings. The molecule has 131 heavy (non-hydrogen) atoms. The van der Waals surface area contributed by atoms with Gasteiger partial charge in [0.1, 0.15) is 88.1 Å². The highest BCUT2D eigenvalue weighted by Gasteiger charge is 2.49. The van der Waals surface area contributed by atoms with E-state index >= 15 is 0 Å². The second-order valence-electron chi connectivity index (χ2n) is 29.8. The summed E-state index contributed by atoms with van der Waals surface area (Å²) in [4.78, 5) is 85.8. The standard InChI is InChI=1S/C21H17F3N2O2.C21H20F2O3.2C18H16F2N2O2.C9H9F2NO2.C8H12O2.C3H5FO/c1-14(27)26-21(10-9-17(28)13-22,15-5-3-2-4-6-15)12-20(25-26)18-11-16(23)7-8-19(18)24;22-17-9-10-19(23)18(13-17)20(24)12-16(15-6-2-1-3-7-15)14-26-21-8-4-5-11-25-21;2*1-12(24)22-18(11-23,13-5-3-2-4-6-13)10-17(21-22)15-9-14(19)7-8-16(15)20;1-12(14-2)9(13)7-5-6(10)3-4-8(7)11;1-2-6-9-8-5-3-4-7-10-8;1-3(5)2-4/h2-11H,12-13H2,1H3;1-3,6-7,9-10,12-13,21H,4-5,8,11,14H2;2*2-9,23H,10-11H2,1H3;3-5H,1-2H3;1,8H,3-7H2;2H2,1H3/b10-9+;16-12+;;;;;/t21-;;18-;;;;/m0.1..../s1. The number of rotatable bonds is 22. The van der Waals surface area contributed by atoms with Crippen molar-refractivity contribution in [3.05, 3.63) is 339 Å². The molecule has 9 aromatic rings. The van der Waals surface area contributed by atoms with Gasteiger partial charge in [0.2, 0.25) is 17.7 Å². The van der Waals surface area contributed by atoms with Crippen molar-refractivity contribution in [2.24, 2.45) is 15.3 Å². The van der Waals surface area contributed by atoms with Crippen molar-refractivity contribution >= 4 is 63.7 Å². The minimum absolute atomic E-state index is 0.00691. The van der Waals surface area contributed by atoms with Crippen molar-refractivity contribution < 1.29 is 120 Å². The second kappa shape index (κ2) is 50.1. The van der Waals surface area contributed by atoms with Gasteiger partial charge in [-0.3, -0.25) is 38.4 Å². The van der Waals surface area contributed by atoms with Crippen molar-refractivity contribution in [2.45, 2.75) is 115 Å². The Labute approximate surface area is 748 Å². The SMILES string of the molecule is C#CCOC1CCCCO1.CC(=O)CF.CC(=O)N1N=C(c2cc(F)ccc2F)CC1(CO)c1ccccc1.CC(=O)N1N=C(c2cc(F)ccc2F)C[C@@]1(/C=C/C(=O)CF)c1ccccc1.CC(=O)N1N=C(c2cc(F)ccc2F)C[C@@]1(CO)c1ccccc1.CON(C)C(=O)c1cc(F)ccc1F.O=C(/C=C(\COC1CCCCO1)c1ccccc1)c1cc(F)ccc1F. The molecule has 3 unspecified atom stereocenters. The summed E-state index contributed by atoms with van der Waals surface area (Å²) in [5.41, 5.74) is -0.319. The van der Waals surface area contributed by atoms with Crippen molar-refractivity contribution in [1.29, 1.82) is 0 Å². The number of hydrazone groups is 3. The number of carbonyl (C=O) groups excluding carboxylic acids is 7. The van der Waals surface area contributed by atoms with Crippen LogP contribution in [0.15, 0.2) is 246 Å². The molecule has 2 fully saturated rings. The summed E-state index contributed by atoms with van der Waals surface area (Å²) in [5, 5.41) is 36.9. The molecule has 0 aromatic heterocycles. The Bertz CT molecular complexity index is 5490. The van der Waals surface area contributed by atoms with E-state index in [0.717, 1.165) is 161 Å². The van der Waals surface area contributed by atoms with E-state index in [-0.39, 0.29) is 108 Å². The number of benzene rings is 9. The molecule has 0 saturated carbocycles. The summed E-state index contributed by atoms with van der Waals surface area (Å²) < 4.78 is 181. The van der Waals surface area contributed by atoms with Crippen LogP contribution in [0.5, 0.6) is 0 Å². The molecule has 2 saturated heterocycles. The molecule has 4 amide bonds. The molecule has 2 N–H and O–H groups in total. The number of amides is 4. The maximum Gasteiger partial charge on any atom is 0.280 e. The number of hydrogen-bond donors (Lipinski definition) is 2. The van der Waals surface area contributed by atoms with Gasteiger partial charge in [0, 0.05) is 77.0 Å². The fourth-order valence-corrected chi connectivity index (χ4v) is 14.0. The van der Waals surface area contributed by atoms with Crippen LogP contribution in [-0.2, 0) is 64.4 Å². The molecule has 9 aromatic carbocycles. The van der Waals surface area contributed by atoms with Gasteiger partial charge in [0.05, 0.1) is 55.2 Å². The zero-order valence-corrected chi connectivity index (χ0v) is 72.2. The van der Waals surface area contributed by atoms with Crippen molar-refractivity contribution in [3.63, 3.8) is 0 Å². The van der Waals surface area contributed by atoms with Crippen molar-refractivity contribution in [1.82, 2.24) is 20.1 Å². The molecular formula is C98H95F12N7O14. The zero-order chi connectivity index (χ0) is 95.5. The van der Waals surface area contributed by atoms with Crippen LogP contribution in [0.1, 0.15) is 145 Å². The number of aliphatic hydroxyl groups excluding tert-OH is 2. The molecule has 14 rings (SSSR count). The minimum atomic E-state index is -1.26. The smallest absolute Gasteiger partial charge is 0.280 e. The van der Waals surface area contributed by atoms with Crippen LogP contribution in [0.4, 0.5) is 52.7 Å². The quantitative estimate of drug-likeness (QED) is 0.0210. The lowest BCUT2D eigenvalue weighted by molar-refractivity contribution is -0.154. The normalized spacial score (nSPS) is 18.4. The Kier molecular flexibility index (Phi) is 39.5. The number of Topliss-reactive ketones (excluding diaryl/α,β-unsaturated/α-hetero) is 1. The average molecular weight is 1820 g/mol. The number of ether oxygens (including phenoxy) is 4. The lowest BCUT2D eigenvalue weighted by Gasteiger charge is -2.34. The van der Waals surface area contributed by atoms with Gasteiger partial charge in [0.25, 0.3) is 5.91 Å². The van der Waals surface area contributed by atoms with E-state index in [1.807, 2.05) is 42.5 Å². The summed E-state index contributed by atoms with van der Waals surface area (Å²) in [6.07, 6.45) is 14.7. The van der Waals surface area contributed by atoms with Gasteiger partial charge in [-0.2, -0.15) is 15.3 Å². The molecule has 5 heterocycles. The van der Waals surface area contributed by atoms with Gasteiger partial charge in [-0.15, -0.1) is 6.42 Å².